The third kappa shape index (κ3) is 4.79. The summed E-state index contributed by atoms with van der Waals surface area (Å²) in [7, 11) is 0. The van der Waals surface area contributed by atoms with Gasteiger partial charge in [-0.2, -0.15) is 0 Å². The zero-order chi connectivity index (χ0) is 18.6. The summed E-state index contributed by atoms with van der Waals surface area (Å²) in [6.07, 6.45) is 0.390. The summed E-state index contributed by atoms with van der Waals surface area (Å²) in [6, 6.07) is 10.7. The minimum atomic E-state index is -0.862. The summed E-state index contributed by atoms with van der Waals surface area (Å²) < 4.78 is 0. The third-order valence-electron chi connectivity index (χ3n) is 3.84. The van der Waals surface area contributed by atoms with Gasteiger partial charge in [-0.1, -0.05) is 44.1 Å². The minimum absolute atomic E-state index is 0.0207. The third-order valence-corrected chi connectivity index (χ3v) is 3.84. The average molecular weight is 342 g/mol. The van der Waals surface area contributed by atoms with Gasteiger partial charge < -0.3 is 15.9 Å². The Kier molecular flexibility index (Phi) is 5.41. The second-order valence-corrected chi connectivity index (χ2v) is 6.97. The highest BCUT2D eigenvalue weighted by Gasteiger charge is 2.22. The van der Waals surface area contributed by atoms with Crippen LogP contribution in [0, 0.1) is 0 Å². The number of nitrogens with one attached hydrogen (secondary N) is 1. The van der Waals surface area contributed by atoms with E-state index in [0.29, 0.717) is 23.5 Å². The summed E-state index contributed by atoms with van der Waals surface area (Å²) in [5.74, 6) is -0.785. The van der Waals surface area contributed by atoms with Gasteiger partial charge in [-0.15, -0.1) is 0 Å². The molecule has 0 aromatic heterocycles. The molecule has 0 spiro atoms. The van der Waals surface area contributed by atoms with E-state index in [9.17, 15) is 9.90 Å². The molecule has 2 aromatic carbocycles. The molecule has 0 aliphatic carbocycles. The highest BCUT2D eigenvalue weighted by Crippen LogP contribution is 2.38. The number of para-hydroxylation sites is 2. The molecule has 0 saturated heterocycles. The van der Waals surface area contributed by atoms with Crippen LogP contribution >= 0.6 is 0 Å². The topological polar surface area (TPSA) is 110 Å². The smallest absolute Gasteiger partial charge is 0.303 e. The quantitative estimate of drug-likeness (QED) is 0.494. The van der Waals surface area contributed by atoms with E-state index in [1.807, 2.05) is 39.0 Å². The van der Waals surface area contributed by atoms with E-state index < -0.39 is 5.97 Å². The fourth-order valence-corrected chi connectivity index (χ4v) is 2.45. The van der Waals surface area contributed by atoms with Crippen LogP contribution in [-0.2, 0) is 16.6 Å². The van der Waals surface area contributed by atoms with Crippen molar-refractivity contribution in [2.24, 2.45) is 5.11 Å². The summed E-state index contributed by atoms with van der Waals surface area (Å²) in [6.45, 7) is 5.94. The van der Waals surface area contributed by atoms with E-state index in [1.54, 1.807) is 18.2 Å². The Morgan fingerprint density at radius 2 is 1.92 bits per heavy atom. The maximum absolute atomic E-state index is 10.9. The number of phenols is 1. The van der Waals surface area contributed by atoms with Crippen molar-refractivity contribution in [3.63, 3.8) is 0 Å². The fourth-order valence-electron chi connectivity index (χ4n) is 2.45. The molecule has 0 amide bonds. The molecule has 0 unspecified atom stereocenters. The maximum atomic E-state index is 10.9. The van der Waals surface area contributed by atoms with E-state index in [1.165, 1.54) is 0 Å². The first-order valence-electron chi connectivity index (χ1n) is 8.08. The lowest BCUT2D eigenvalue weighted by Crippen LogP contribution is -2.57. The first-order chi connectivity index (χ1) is 11.7. The predicted octanol–water partition coefficient (Wildman–Crippen LogP) is 2.79. The van der Waals surface area contributed by atoms with Crippen LogP contribution in [-0.4, -0.2) is 16.2 Å². The van der Waals surface area contributed by atoms with Crippen LogP contribution < -0.4 is 10.8 Å². The number of phenolic OH excluding ortho intramolecular Hbond substituents is 1. The second kappa shape index (κ2) is 7.34. The van der Waals surface area contributed by atoms with Gasteiger partial charge in [0, 0.05) is 23.2 Å². The molecule has 0 aliphatic heterocycles. The van der Waals surface area contributed by atoms with Crippen molar-refractivity contribution in [2.45, 2.75) is 39.0 Å². The number of aromatic hydroxyl groups is 1. The van der Waals surface area contributed by atoms with Gasteiger partial charge in [0.2, 0.25) is 0 Å². The van der Waals surface area contributed by atoms with Gasteiger partial charge in [-0.05, 0) is 29.5 Å². The number of carbonyl (C=O) groups is 1. The van der Waals surface area contributed by atoms with Gasteiger partial charge in [0.1, 0.15) is 5.69 Å². The summed E-state index contributed by atoms with van der Waals surface area (Å²) in [5.41, 5.74) is 8.64. The van der Waals surface area contributed by atoms with Gasteiger partial charge in [-0.3, -0.25) is 4.79 Å². The first kappa shape index (κ1) is 18.4. The number of benzene rings is 2. The summed E-state index contributed by atoms with van der Waals surface area (Å²) in [5, 5.41) is 26.6. The molecule has 0 radical (unpaired) electrons. The number of azo groups is 1. The number of hydrogen-bond acceptors (Lipinski definition) is 4. The zero-order valence-corrected chi connectivity index (χ0v) is 14.7. The maximum Gasteiger partial charge on any atom is 0.303 e. The summed E-state index contributed by atoms with van der Waals surface area (Å²) >= 11 is 0. The van der Waals surface area contributed by atoms with E-state index in [0.717, 1.165) is 11.1 Å². The van der Waals surface area contributed by atoms with Gasteiger partial charge in [-0.25, -0.2) is 0 Å². The number of anilines is 1. The molecule has 0 bridgehead atoms. The molecule has 25 heavy (non-hydrogen) atoms. The van der Waals surface area contributed by atoms with Crippen molar-refractivity contribution < 1.29 is 20.1 Å². The number of carboxylic acid groups (broad SMARTS) is 1. The Bertz CT molecular complexity index is 808. The van der Waals surface area contributed by atoms with Crippen molar-refractivity contribution >= 4 is 23.0 Å². The van der Waals surface area contributed by atoms with E-state index in [2.05, 4.69) is 10.2 Å². The molecular weight excluding hydrogens is 318 g/mol. The van der Waals surface area contributed by atoms with Gasteiger partial charge in [0.25, 0.3) is 5.69 Å². The molecule has 0 atom stereocenters. The molecule has 0 saturated carbocycles. The molecule has 2 rings (SSSR count). The molecule has 0 aliphatic rings. The highest BCUT2D eigenvalue weighted by atomic mass is 16.4. The average Bonchev–Trinajstić information content (AvgIpc) is 2.52. The number of aryl methyl sites for hydroxylation is 1. The van der Waals surface area contributed by atoms with Crippen molar-refractivity contribution in [3.05, 3.63) is 47.5 Å². The van der Waals surface area contributed by atoms with Crippen molar-refractivity contribution in [1.29, 1.82) is 0 Å². The number of rotatable bonds is 5. The molecule has 6 nitrogen and oxygen atoms in total. The number of nitrogens with zero attached hydrogens (tertiary/aromatic N) is 1. The highest BCUT2D eigenvalue weighted by molar-refractivity contribution is 5.67. The lowest BCUT2D eigenvalue weighted by Gasteiger charge is -2.21. The van der Waals surface area contributed by atoms with E-state index in [4.69, 9.17) is 10.8 Å². The van der Waals surface area contributed by atoms with Gasteiger partial charge >= 0.3 is 5.97 Å². The van der Waals surface area contributed by atoms with Crippen molar-refractivity contribution in [2.75, 3.05) is 5.73 Å². The Morgan fingerprint density at radius 3 is 2.52 bits per heavy atom. The molecule has 0 fully saturated rings. The number of nitrogens with two attached hydrogens (primary N) is 1. The number of nitrogen functional groups attached to an aromatic ring is 1. The SMILES string of the molecule is CC(C)(C)c1cc(CCC(=O)O)cc(N=[NH+]c2ccccc2N)c1O. The Hall–Kier alpha value is -2.89. The summed E-state index contributed by atoms with van der Waals surface area (Å²) in [4.78, 5) is 10.9. The van der Waals surface area contributed by atoms with Crippen LogP contribution in [0.25, 0.3) is 0 Å². The van der Waals surface area contributed by atoms with Crippen LogP contribution in [0.15, 0.2) is 41.5 Å². The van der Waals surface area contributed by atoms with Crippen molar-refractivity contribution in [3.8, 4) is 5.75 Å². The van der Waals surface area contributed by atoms with Crippen LogP contribution in [0.3, 0.4) is 0 Å². The predicted molar refractivity (Wildman–Crippen MR) is 96.3 cm³/mol. The number of hydrogen-bond donors (Lipinski definition) is 4. The Labute approximate surface area is 147 Å². The van der Waals surface area contributed by atoms with Crippen LogP contribution in [0.2, 0.25) is 0 Å². The van der Waals surface area contributed by atoms with Gasteiger partial charge in [0.05, 0.1) is 0 Å². The Morgan fingerprint density at radius 1 is 1.24 bits per heavy atom. The van der Waals surface area contributed by atoms with Gasteiger partial charge in [0.15, 0.2) is 11.4 Å². The van der Waals surface area contributed by atoms with Crippen LogP contribution in [0.5, 0.6) is 5.75 Å². The standard InChI is InChI=1S/C19H23N3O3/c1-19(2,3)13-10-12(8-9-17(23)24)11-16(18(13)25)22-21-15-7-5-4-6-14(15)20/h4-7,10-11,25H,8-9,20H2,1-3H3,(H,23,24)/p+1. The van der Waals surface area contributed by atoms with E-state index >= 15 is 0 Å². The molecular formula is C19H24N3O3+. The molecule has 6 heteroatoms. The molecule has 5 N–H and O–H groups in total. The zero-order valence-electron chi connectivity index (χ0n) is 14.7. The van der Waals surface area contributed by atoms with Crippen LogP contribution in [0.4, 0.5) is 17.1 Å². The fraction of sp³-hybridized carbons (Fsp3) is 0.316. The lowest BCUT2D eigenvalue weighted by molar-refractivity contribution is -0.432. The Balaban J connectivity index is 2.46. The van der Waals surface area contributed by atoms with E-state index in [-0.39, 0.29) is 17.6 Å². The minimum Gasteiger partial charge on any atom is -0.505 e. The lowest BCUT2D eigenvalue weighted by atomic mass is 9.84. The molecule has 0 heterocycles. The molecule has 2 aromatic rings. The van der Waals surface area contributed by atoms with Crippen LogP contribution in [0.1, 0.15) is 38.3 Å². The molecule has 132 valence electrons. The second-order valence-electron chi connectivity index (χ2n) is 6.97. The number of carboxylic acids is 1. The largest absolute Gasteiger partial charge is 0.505 e. The number of aliphatic carboxylic acids is 1. The van der Waals surface area contributed by atoms with Crippen molar-refractivity contribution in [1.82, 2.24) is 0 Å². The monoisotopic (exact) mass is 342 g/mol. The first-order valence-corrected chi connectivity index (χ1v) is 8.08. The normalized spacial score (nSPS) is 11.8.